The molecule has 3 aromatic rings. The molecule has 3 rings (SSSR count). The zero-order valence-corrected chi connectivity index (χ0v) is 18.1. The lowest BCUT2D eigenvalue weighted by Gasteiger charge is -2.12. The number of hydrogen-bond acceptors (Lipinski definition) is 7. The van der Waals surface area contributed by atoms with E-state index in [1.54, 1.807) is 48.5 Å². The summed E-state index contributed by atoms with van der Waals surface area (Å²) >= 11 is 5.82. The van der Waals surface area contributed by atoms with Crippen LogP contribution in [0.25, 0.3) is 0 Å². The van der Waals surface area contributed by atoms with Gasteiger partial charge in [0.1, 0.15) is 11.5 Å². The first-order valence-corrected chi connectivity index (χ1v) is 10.0. The molecule has 0 saturated heterocycles. The Morgan fingerprint density at radius 1 is 1.06 bits per heavy atom. The predicted molar refractivity (Wildman–Crippen MR) is 122 cm³/mol. The Kier molecular flexibility index (Phi) is 7.72. The van der Waals surface area contributed by atoms with E-state index >= 15 is 0 Å². The number of benzene rings is 3. The minimum atomic E-state index is -0.893. The average molecular weight is 468 g/mol. The number of hydrazone groups is 1. The summed E-state index contributed by atoms with van der Waals surface area (Å²) in [5, 5.41) is 15.1. The monoisotopic (exact) mass is 467 g/mol. The van der Waals surface area contributed by atoms with Crippen molar-refractivity contribution in [3.63, 3.8) is 0 Å². The summed E-state index contributed by atoms with van der Waals surface area (Å²) in [5.74, 6) is -0.441. The first kappa shape index (κ1) is 23.4. The van der Waals surface area contributed by atoms with Crippen LogP contribution in [-0.2, 0) is 4.79 Å². The summed E-state index contributed by atoms with van der Waals surface area (Å²) in [4.78, 5) is 34.5. The Hall–Kier alpha value is -4.24. The average Bonchev–Trinajstić information content (AvgIpc) is 2.80. The second kappa shape index (κ2) is 10.9. The molecule has 0 bridgehead atoms. The van der Waals surface area contributed by atoms with Gasteiger partial charge in [0.2, 0.25) is 0 Å². The van der Waals surface area contributed by atoms with Crippen molar-refractivity contribution < 1.29 is 24.0 Å². The molecule has 9 nitrogen and oxygen atoms in total. The molecule has 0 spiro atoms. The molecule has 0 fully saturated rings. The fourth-order valence-electron chi connectivity index (χ4n) is 2.58. The van der Waals surface area contributed by atoms with E-state index in [1.165, 1.54) is 37.4 Å². The van der Waals surface area contributed by atoms with Crippen LogP contribution in [0.4, 0.5) is 5.69 Å². The molecular formula is C23H18ClN3O6. The minimum absolute atomic E-state index is 0.0786. The highest BCUT2D eigenvalue weighted by Crippen LogP contribution is 2.19. The van der Waals surface area contributed by atoms with E-state index in [9.17, 15) is 19.7 Å². The Balaban J connectivity index is 1.54. The number of nitro groups is 1. The molecule has 168 valence electrons. The molecule has 1 N–H and O–H groups in total. The molecule has 10 heteroatoms. The Bertz CT molecular complexity index is 1180. The number of nitrogens with zero attached hydrogens (tertiary/aromatic N) is 2. The summed E-state index contributed by atoms with van der Waals surface area (Å²) in [6.07, 6.45) is 0.492. The molecule has 0 radical (unpaired) electrons. The maximum atomic E-state index is 12.2. The zero-order chi connectivity index (χ0) is 23.8. The van der Waals surface area contributed by atoms with Crippen LogP contribution in [-0.4, -0.2) is 29.1 Å². The van der Waals surface area contributed by atoms with Crippen molar-refractivity contribution in [3.8, 4) is 11.5 Å². The Morgan fingerprint density at radius 2 is 1.76 bits per heavy atom. The van der Waals surface area contributed by atoms with Gasteiger partial charge in [0, 0.05) is 17.2 Å². The Morgan fingerprint density at radius 3 is 2.42 bits per heavy atom. The number of halogens is 1. The lowest BCUT2D eigenvalue weighted by Crippen LogP contribution is -2.33. The number of carbonyl (C=O) groups is 2. The molecule has 1 atom stereocenters. The summed E-state index contributed by atoms with van der Waals surface area (Å²) < 4.78 is 10.8. The van der Waals surface area contributed by atoms with Crippen LogP contribution in [0.15, 0.2) is 77.9 Å². The number of ether oxygens (including phenoxy) is 2. The number of carbonyl (C=O) groups excluding carboxylic acids is 2. The van der Waals surface area contributed by atoms with E-state index < -0.39 is 22.9 Å². The molecule has 0 aromatic heterocycles. The van der Waals surface area contributed by atoms with Gasteiger partial charge in [-0.3, -0.25) is 14.9 Å². The van der Waals surface area contributed by atoms with Crippen molar-refractivity contribution in [3.05, 3.63) is 99.1 Å². The van der Waals surface area contributed by atoms with Crippen LogP contribution in [0, 0.1) is 10.1 Å². The second-order valence-corrected chi connectivity index (χ2v) is 7.15. The largest absolute Gasteiger partial charge is 0.481 e. The maximum absolute atomic E-state index is 12.2. The summed E-state index contributed by atoms with van der Waals surface area (Å²) in [6.45, 7) is 1.52. The van der Waals surface area contributed by atoms with E-state index in [1.807, 2.05) is 0 Å². The van der Waals surface area contributed by atoms with Gasteiger partial charge in [-0.25, -0.2) is 10.2 Å². The van der Waals surface area contributed by atoms with Gasteiger partial charge in [-0.1, -0.05) is 23.7 Å². The molecule has 1 amide bonds. The number of non-ortho nitro benzene ring substituents is 1. The third-order valence-electron chi connectivity index (χ3n) is 4.27. The van der Waals surface area contributed by atoms with Crippen molar-refractivity contribution in [2.24, 2.45) is 5.10 Å². The topological polar surface area (TPSA) is 120 Å². The molecule has 1 unspecified atom stereocenters. The van der Waals surface area contributed by atoms with Gasteiger partial charge in [0.15, 0.2) is 6.10 Å². The summed E-state index contributed by atoms with van der Waals surface area (Å²) in [5.41, 5.74) is 3.21. The van der Waals surface area contributed by atoms with Crippen LogP contribution in [0.1, 0.15) is 22.8 Å². The standard InChI is InChI=1S/C23H18ClN3O6/c1-15(32-20-11-9-19(10-12-20)27(30)31)22(28)26-25-14-16-3-2-4-21(13-16)33-23(29)17-5-7-18(24)8-6-17/h2-15H,1H3,(H,26,28). The fourth-order valence-corrected chi connectivity index (χ4v) is 2.70. The quantitative estimate of drug-likeness (QED) is 0.172. The summed E-state index contributed by atoms with van der Waals surface area (Å²) in [7, 11) is 0. The van der Waals surface area contributed by atoms with Gasteiger partial charge in [-0.15, -0.1) is 0 Å². The lowest BCUT2D eigenvalue weighted by atomic mass is 10.2. The molecule has 0 heterocycles. The van der Waals surface area contributed by atoms with Gasteiger partial charge in [-0.05, 0) is 61.0 Å². The normalized spacial score (nSPS) is 11.6. The molecule has 0 aliphatic rings. The SMILES string of the molecule is CC(Oc1ccc([N+](=O)[O-])cc1)C(=O)NN=Cc1cccc(OC(=O)c2ccc(Cl)cc2)c1. The highest BCUT2D eigenvalue weighted by atomic mass is 35.5. The number of nitro benzene ring substituents is 1. The lowest BCUT2D eigenvalue weighted by molar-refractivity contribution is -0.384. The summed E-state index contributed by atoms with van der Waals surface area (Å²) in [6, 6.07) is 18.3. The van der Waals surface area contributed by atoms with Crippen molar-refractivity contribution in [1.29, 1.82) is 0 Å². The van der Waals surface area contributed by atoms with Gasteiger partial charge >= 0.3 is 5.97 Å². The van der Waals surface area contributed by atoms with E-state index in [2.05, 4.69) is 10.5 Å². The van der Waals surface area contributed by atoms with Crippen molar-refractivity contribution >= 4 is 35.4 Å². The molecular weight excluding hydrogens is 450 g/mol. The number of amides is 1. The second-order valence-electron chi connectivity index (χ2n) is 6.71. The predicted octanol–water partition coefficient (Wildman–Crippen LogP) is 4.39. The zero-order valence-electron chi connectivity index (χ0n) is 17.3. The number of nitrogens with one attached hydrogen (secondary N) is 1. The fraction of sp³-hybridized carbons (Fsp3) is 0.0870. The van der Waals surface area contributed by atoms with Gasteiger partial charge in [0.05, 0.1) is 16.7 Å². The van der Waals surface area contributed by atoms with Gasteiger partial charge in [-0.2, -0.15) is 5.10 Å². The molecule has 0 aliphatic carbocycles. The smallest absolute Gasteiger partial charge is 0.343 e. The van der Waals surface area contributed by atoms with Crippen LogP contribution in [0.5, 0.6) is 11.5 Å². The number of hydrogen-bond donors (Lipinski definition) is 1. The van der Waals surface area contributed by atoms with Gasteiger partial charge < -0.3 is 9.47 Å². The number of esters is 1. The van der Waals surface area contributed by atoms with Crippen LogP contribution < -0.4 is 14.9 Å². The number of rotatable bonds is 8. The molecule has 33 heavy (non-hydrogen) atoms. The van der Waals surface area contributed by atoms with E-state index in [4.69, 9.17) is 21.1 Å². The third kappa shape index (κ3) is 6.88. The maximum Gasteiger partial charge on any atom is 0.343 e. The first-order chi connectivity index (χ1) is 15.8. The molecule has 3 aromatic carbocycles. The van der Waals surface area contributed by atoms with Crippen LogP contribution in [0.3, 0.4) is 0 Å². The van der Waals surface area contributed by atoms with Gasteiger partial charge in [0.25, 0.3) is 11.6 Å². The third-order valence-corrected chi connectivity index (χ3v) is 4.52. The van der Waals surface area contributed by atoms with E-state index in [0.717, 1.165) is 0 Å². The van der Waals surface area contributed by atoms with Crippen molar-refractivity contribution in [1.82, 2.24) is 5.43 Å². The van der Waals surface area contributed by atoms with E-state index in [-0.39, 0.29) is 5.69 Å². The molecule has 0 aliphatic heterocycles. The highest BCUT2D eigenvalue weighted by molar-refractivity contribution is 6.30. The Labute approximate surface area is 193 Å². The minimum Gasteiger partial charge on any atom is -0.481 e. The first-order valence-electron chi connectivity index (χ1n) is 9.63. The van der Waals surface area contributed by atoms with Crippen LogP contribution >= 0.6 is 11.6 Å². The van der Waals surface area contributed by atoms with Crippen molar-refractivity contribution in [2.45, 2.75) is 13.0 Å². The molecule has 0 saturated carbocycles. The highest BCUT2D eigenvalue weighted by Gasteiger charge is 2.15. The van der Waals surface area contributed by atoms with E-state index in [0.29, 0.717) is 27.6 Å². The van der Waals surface area contributed by atoms with Crippen LogP contribution in [0.2, 0.25) is 5.02 Å². The van der Waals surface area contributed by atoms with Crippen molar-refractivity contribution in [2.75, 3.05) is 0 Å².